The fraction of sp³-hybridized carbons (Fsp3) is 0.440. The molecule has 1 heterocycles. The zero-order valence-electron chi connectivity index (χ0n) is 18.7. The van der Waals surface area contributed by atoms with Crippen LogP contribution in [0.4, 0.5) is 13.2 Å². The Kier molecular flexibility index (Phi) is 6.92. The minimum atomic E-state index is -4.47. The minimum absolute atomic E-state index is 0.0129. The van der Waals surface area contributed by atoms with Gasteiger partial charge in [0.05, 0.1) is 22.8 Å². The number of hydrogen-bond donors (Lipinski definition) is 1. The van der Waals surface area contributed by atoms with Gasteiger partial charge in [-0.15, -0.1) is 0 Å². The summed E-state index contributed by atoms with van der Waals surface area (Å²) in [4.78, 5) is 28.3. The maximum absolute atomic E-state index is 13.6. The summed E-state index contributed by atoms with van der Waals surface area (Å²) in [6.45, 7) is 2.05. The summed E-state index contributed by atoms with van der Waals surface area (Å²) in [5, 5.41) is 2.97. The fourth-order valence-electron chi connectivity index (χ4n) is 4.71. The molecule has 1 aliphatic heterocycles. The largest absolute Gasteiger partial charge is 0.416 e. The molecule has 0 radical (unpaired) electrons. The van der Waals surface area contributed by atoms with Crippen molar-refractivity contribution in [3.63, 3.8) is 0 Å². The Morgan fingerprint density at radius 1 is 1.15 bits per heavy atom. The predicted molar refractivity (Wildman–Crippen MR) is 121 cm³/mol. The minimum Gasteiger partial charge on any atom is -0.353 e. The van der Waals surface area contributed by atoms with Crippen LogP contribution in [0.15, 0.2) is 48.5 Å². The van der Waals surface area contributed by atoms with Crippen molar-refractivity contribution in [1.82, 2.24) is 10.2 Å². The van der Waals surface area contributed by atoms with Gasteiger partial charge in [-0.2, -0.15) is 13.2 Å². The van der Waals surface area contributed by atoms with Gasteiger partial charge in [0.15, 0.2) is 0 Å². The van der Waals surface area contributed by atoms with E-state index in [0.29, 0.717) is 24.3 Å². The molecule has 2 aromatic rings. The second-order valence-corrected chi connectivity index (χ2v) is 9.43. The average molecular weight is 495 g/mol. The van der Waals surface area contributed by atoms with E-state index in [-0.39, 0.29) is 23.7 Å². The van der Waals surface area contributed by atoms with Crippen molar-refractivity contribution in [3.05, 3.63) is 70.2 Å². The highest BCUT2D eigenvalue weighted by atomic mass is 35.5. The van der Waals surface area contributed by atoms with Crippen LogP contribution in [0.25, 0.3) is 0 Å². The van der Waals surface area contributed by atoms with E-state index in [1.165, 1.54) is 17.0 Å². The SMILES string of the molecule is CC1CCC2(CC1)OCC(C(=O)NCc1cccc(C(F)(F)F)c1)N2C(=O)c1ccccc1Cl. The average Bonchev–Trinajstić information content (AvgIpc) is 3.18. The number of halogens is 4. The Balaban J connectivity index is 1.56. The van der Waals surface area contributed by atoms with Gasteiger partial charge in [0.1, 0.15) is 11.8 Å². The highest BCUT2D eigenvalue weighted by Gasteiger charge is 2.53. The Morgan fingerprint density at radius 2 is 1.85 bits per heavy atom. The lowest BCUT2D eigenvalue weighted by atomic mass is 9.83. The third kappa shape index (κ3) is 4.93. The van der Waals surface area contributed by atoms with E-state index in [1.807, 2.05) is 0 Å². The van der Waals surface area contributed by atoms with E-state index in [9.17, 15) is 22.8 Å². The van der Waals surface area contributed by atoms with E-state index in [2.05, 4.69) is 12.2 Å². The van der Waals surface area contributed by atoms with Gasteiger partial charge in [-0.1, -0.05) is 42.8 Å². The van der Waals surface area contributed by atoms with Crippen molar-refractivity contribution >= 4 is 23.4 Å². The summed E-state index contributed by atoms with van der Waals surface area (Å²) in [5.41, 5.74) is -1.09. The summed E-state index contributed by atoms with van der Waals surface area (Å²) in [6.07, 6.45) is -1.57. The Hall–Kier alpha value is -2.58. The molecular formula is C25H26ClF3N2O3. The predicted octanol–water partition coefficient (Wildman–Crippen LogP) is 5.42. The van der Waals surface area contributed by atoms with Gasteiger partial charge in [0.25, 0.3) is 5.91 Å². The first-order valence-corrected chi connectivity index (χ1v) is 11.6. The lowest BCUT2D eigenvalue weighted by Crippen LogP contribution is -2.56. The van der Waals surface area contributed by atoms with Crippen LogP contribution in [0, 0.1) is 5.92 Å². The first-order chi connectivity index (χ1) is 16.1. The quantitative estimate of drug-likeness (QED) is 0.617. The molecule has 0 bridgehead atoms. The zero-order valence-corrected chi connectivity index (χ0v) is 19.5. The molecule has 1 spiro atoms. The van der Waals surface area contributed by atoms with Crippen LogP contribution < -0.4 is 5.32 Å². The number of alkyl halides is 3. The lowest BCUT2D eigenvalue weighted by Gasteiger charge is -2.43. The lowest BCUT2D eigenvalue weighted by molar-refractivity contribution is -0.137. The van der Waals surface area contributed by atoms with E-state index < -0.39 is 35.3 Å². The Labute approximate surface area is 201 Å². The fourth-order valence-corrected chi connectivity index (χ4v) is 4.93. The van der Waals surface area contributed by atoms with E-state index in [0.717, 1.165) is 25.0 Å². The van der Waals surface area contributed by atoms with E-state index in [4.69, 9.17) is 16.3 Å². The Morgan fingerprint density at radius 3 is 2.53 bits per heavy atom. The van der Waals surface area contributed by atoms with Crippen molar-refractivity contribution in [2.45, 2.75) is 57.1 Å². The van der Waals surface area contributed by atoms with Crippen LogP contribution >= 0.6 is 11.6 Å². The van der Waals surface area contributed by atoms with Gasteiger partial charge < -0.3 is 10.1 Å². The van der Waals surface area contributed by atoms with Gasteiger partial charge in [0, 0.05) is 6.54 Å². The molecule has 1 aliphatic carbocycles. The molecule has 5 nitrogen and oxygen atoms in total. The molecule has 1 saturated carbocycles. The molecule has 1 N–H and O–H groups in total. The summed E-state index contributed by atoms with van der Waals surface area (Å²) >= 11 is 6.29. The highest BCUT2D eigenvalue weighted by molar-refractivity contribution is 6.33. The van der Waals surface area contributed by atoms with Gasteiger partial charge in [-0.3, -0.25) is 14.5 Å². The third-order valence-corrected chi connectivity index (χ3v) is 6.99. The van der Waals surface area contributed by atoms with Crippen molar-refractivity contribution < 1.29 is 27.5 Å². The van der Waals surface area contributed by atoms with Crippen LogP contribution in [-0.2, 0) is 22.3 Å². The smallest absolute Gasteiger partial charge is 0.353 e. The molecule has 2 fully saturated rings. The third-order valence-electron chi connectivity index (χ3n) is 6.66. The van der Waals surface area contributed by atoms with Gasteiger partial charge >= 0.3 is 6.18 Å². The second-order valence-electron chi connectivity index (χ2n) is 9.03. The number of carbonyl (C=O) groups is 2. The molecule has 0 aromatic heterocycles. The highest BCUT2D eigenvalue weighted by Crippen LogP contribution is 2.43. The van der Waals surface area contributed by atoms with Crippen LogP contribution in [0.1, 0.15) is 54.1 Å². The first-order valence-electron chi connectivity index (χ1n) is 11.3. The molecule has 182 valence electrons. The van der Waals surface area contributed by atoms with Gasteiger partial charge in [-0.05, 0) is 61.4 Å². The zero-order chi connectivity index (χ0) is 24.5. The maximum Gasteiger partial charge on any atom is 0.416 e. The maximum atomic E-state index is 13.6. The number of hydrogen-bond acceptors (Lipinski definition) is 3. The molecular weight excluding hydrogens is 469 g/mol. The van der Waals surface area contributed by atoms with Crippen molar-refractivity contribution in [2.75, 3.05) is 6.61 Å². The van der Waals surface area contributed by atoms with E-state index >= 15 is 0 Å². The van der Waals surface area contributed by atoms with Crippen LogP contribution in [-0.4, -0.2) is 35.1 Å². The number of benzene rings is 2. The number of carbonyl (C=O) groups excluding carboxylic acids is 2. The molecule has 2 aromatic carbocycles. The second kappa shape index (κ2) is 9.58. The number of nitrogens with one attached hydrogen (secondary N) is 1. The number of nitrogens with zero attached hydrogens (tertiary/aromatic N) is 1. The van der Waals surface area contributed by atoms with Crippen molar-refractivity contribution in [2.24, 2.45) is 5.92 Å². The van der Waals surface area contributed by atoms with Gasteiger partial charge in [0.2, 0.25) is 5.91 Å². The molecule has 34 heavy (non-hydrogen) atoms. The molecule has 1 atom stereocenters. The van der Waals surface area contributed by atoms with Crippen LogP contribution in [0.3, 0.4) is 0 Å². The van der Waals surface area contributed by atoms with Crippen molar-refractivity contribution in [1.29, 1.82) is 0 Å². The summed E-state index contributed by atoms with van der Waals surface area (Å²) < 4.78 is 45.2. The molecule has 2 amide bonds. The van der Waals surface area contributed by atoms with Crippen LogP contribution in [0.2, 0.25) is 5.02 Å². The topological polar surface area (TPSA) is 58.6 Å². The summed E-state index contributed by atoms with van der Waals surface area (Å²) in [5.74, 6) is -0.384. The first kappa shape index (κ1) is 24.5. The van der Waals surface area contributed by atoms with Gasteiger partial charge in [-0.25, -0.2) is 0 Å². The van der Waals surface area contributed by atoms with Crippen molar-refractivity contribution in [3.8, 4) is 0 Å². The molecule has 1 saturated heterocycles. The number of ether oxygens (including phenoxy) is 1. The molecule has 9 heteroatoms. The molecule has 4 rings (SSSR count). The Bertz CT molecular complexity index is 1070. The normalized spacial score (nSPS) is 24.9. The summed E-state index contributed by atoms with van der Waals surface area (Å²) in [7, 11) is 0. The van der Waals surface area contributed by atoms with E-state index in [1.54, 1.807) is 24.3 Å². The van der Waals surface area contributed by atoms with Crippen LogP contribution in [0.5, 0.6) is 0 Å². The summed E-state index contributed by atoms with van der Waals surface area (Å²) in [6, 6.07) is 10.5. The standard InChI is InChI=1S/C25H26ClF3N2O3/c1-16-9-11-24(12-10-16)31(23(33)19-7-2-3-8-20(19)26)21(15-34-24)22(32)30-14-17-5-4-6-18(13-17)25(27,28)29/h2-8,13,16,21H,9-12,14-15H2,1H3,(H,30,32). The number of amides is 2. The molecule has 1 unspecified atom stereocenters. The monoisotopic (exact) mass is 494 g/mol. The number of rotatable bonds is 4. The molecule has 2 aliphatic rings.